The lowest BCUT2D eigenvalue weighted by atomic mass is 10.0. The van der Waals surface area contributed by atoms with Gasteiger partial charge < -0.3 is 20.0 Å². The molecule has 2 N–H and O–H groups in total. The van der Waals surface area contributed by atoms with Crippen LogP contribution in [0.3, 0.4) is 0 Å². The van der Waals surface area contributed by atoms with Crippen molar-refractivity contribution >= 4 is 17.6 Å². The third-order valence-corrected chi connectivity index (χ3v) is 3.92. The molecule has 0 saturated carbocycles. The molecule has 0 unspecified atom stereocenters. The van der Waals surface area contributed by atoms with Crippen molar-refractivity contribution in [1.82, 2.24) is 10.2 Å². The molecule has 0 radical (unpaired) electrons. The van der Waals surface area contributed by atoms with Crippen LogP contribution in [0, 0.1) is 0 Å². The van der Waals surface area contributed by atoms with E-state index in [2.05, 4.69) is 10.6 Å². The number of nitrogens with one attached hydrogen (secondary N) is 2. The van der Waals surface area contributed by atoms with Gasteiger partial charge in [0.25, 0.3) is 5.91 Å². The van der Waals surface area contributed by atoms with Gasteiger partial charge in [-0.25, -0.2) is 4.79 Å². The predicted octanol–water partition coefficient (Wildman–Crippen LogP) is 2.71. The quantitative estimate of drug-likeness (QED) is 0.915. The fraction of sp³-hybridized carbons (Fsp3) is 0.294. The molecule has 3 amide bonds. The van der Waals surface area contributed by atoms with E-state index >= 15 is 0 Å². The lowest BCUT2D eigenvalue weighted by molar-refractivity contribution is 0.0708. The Kier molecular flexibility index (Phi) is 4.61. The molecule has 1 fully saturated rings. The Morgan fingerprint density at radius 3 is 2.48 bits per heavy atom. The number of carbonyl (C=O) groups excluding carboxylic acids is 2. The monoisotopic (exact) mass is 313 g/mol. The average molecular weight is 313 g/mol. The van der Waals surface area contributed by atoms with E-state index in [0.717, 1.165) is 18.5 Å². The first kappa shape index (κ1) is 15.1. The molecule has 6 heteroatoms. The Hall–Kier alpha value is -2.76. The molecular formula is C17H19N3O3. The van der Waals surface area contributed by atoms with Gasteiger partial charge in [0.15, 0.2) is 0 Å². The molecule has 0 bridgehead atoms. The maximum Gasteiger partial charge on any atom is 0.319 e. The van der Waals surface area contributed by atoms with Gasteiger partial charge in [0.1, 0.15) is 6.26 Å². The number of hydrogen-bond donors (Lipinski definition) is 2. The second kappa shape index (κ2) is 7.00. The molecule has 0 atom stereocenters. The minimum Gasteiger partial charge on any atom is -0.472 e. The third-order valence-electron chi connectivity index (χ3n) is 3.92. The number of piperidine rings is 1. The van der Waals surface area contributed by atoms with Crippen molar-refractivity contribution < 1.29 is 14.0 Å². The van der Waals surface area contributed by atoms with Gasteiger partial charge in [0.2, 0.25) is 0 Å². The van der Waals surface area contributed by atoms with Crippen LogP contribution in [0.2, 0.25) is 0 Å². The van der Waals surface area contributed by atoms with Gasteiger partial charge in [0.05, 0.1) is 11.8 Å². The van der Waals surface area contributed by atoms with E-state index in [-0.39, 0.29) is 18.0 Å². The van der Waals surface area contributed by atoms with Gasteiger partial charge in [-0.3, -0.25) is 4.79 Å². The number of nitrogens with zero attached hydrogens (tertiary/aromatic N) is 1. The number of hydrogen-bond acceptors (Lipinski definition) is 3. The van der Waals surface area contributed by atoms with Crippen molar-refractivity contribution in [2.75, 3.05) is 18.4 Å². The number of anilines is 1. The van der Waals surface area contributed by atoms with Crippen LogP contribution in [-0.4, -0.2) is 36.0 Å². The number of urea groups is 1. The van der Waals surface area contributed by atoms with Crippen LogP contribution >= 0.6 is 0 Å². The first-order valence-corrected chi connectivity index (χ1v) is 7.66. The molecule has 1 aliphatic rings. The summed E-state index contributed by atoms with van der Waals surface area (Å²) >= 11 is 0. The second-order valence-electron chi connectivity index (χ2n) is 5.54. The summed E-state index contributed by atoms with van der Waals surface area (Å²) in [7, 11) is 0. The van der Waals surface area contributed by atoms with Crippen LogP contribution in [0.5, 0.6) is 0 Å². The van der Waals surface area contributed by atoms with Crippen LogP contribution in [0.15, 0.2) is 53.3 Å². The summed E-state index contributed by atoms with van der Waals surface area (Å²) in [5, 5.41) is 5.76. The highest BCUT2D eigenvalue weighted by molar-refractivity contribution is 5.94. The molecule has 0 aliphatic carbocycles. The molecule has 1 aromatic heterocycles. The maximum atomic E-state index is 12.2. The predicted molar refractivity (Wildman–Crippen MR) is 86.2 cm³/mol. The van der Waals surface area contributed by atoms with Gasteiger partial charge in [-0.2, -0.15) is 0 Å². The van der Waals surface area contributed by atoms with Gasteiger partial charge in [-0.1, -0.05) is 18.2 Å². The summed E-state index contributed by atoms with van der Waals surface area (Å²) < 4.78 is 4.94. The highest BCUT2D eigenvalue weighted by atomic mass is 16.3. The summed E-state index contributed by atoms with van der Waals surface area (Å²) in [4.78, 5) is 26.0. The molecule has 2 heterocycles. The summed E-state index contributed by atoms with van der Waals surface area (Å²) in [6, 6.07) is 10.8. The van der Waals surface area contributed by atoms with Crippen LogP contribution in [0.25, 0.3) is 0 Å². The molecule has 3 rings (SSSR count). The molecular weight excluding hydrogens is 294 g/mol. The second-order valence-corrected chi connectivity index (χ2v) is 5.54. The summed E-state index contributed by atoms with van der Waals surface area (Å²) in [5.74, 6) is -0.0223. The van der Waals surface area contributed by atoms with Gasteiger partial charge in [-0.15, -0.1) is 0 Å². The highest BCUT2D eigenvalue weighted by Crippen LogP contribution is 2.14. The number of para-hydroxylation sites is 1. The smallest absolute Gasteiger partial charge is 0.319 e. The standard InChI is InChI=1S/C17H19N3O3/c21-16(13-8-11-23-12-13)20-9-6-15(7-10-20)19-17(22)18-14-4-2-1-3-5-14/h1-5,8,11-12,15H,6-7,9-10H2,(H2,18,19,22). The summed E-state index contributed by atoms with van der Waals surface area (Å²) in [6.07, 6.45) is 4.44. The van der Waals surface area contributed by atoms with E-state index in [0.29, 0.717) is 18.7 Å². The van der Waals surface area contributed by atoms with Crippen molar-refractivity contribution in [3.8, 4) is 0 Å². The highest BCUT2D eigenvalue weighted by Gasteiger charge is 2.25. The molecule has 1 saturated heterocycles. The lowest BCUT2D eigenvalue weighted by Gasteiger charge is -2.32. The number of rotatable bonds is 3. The fourth-order valence-electron chi connectivity index (χ4n) is 2.67. The van der Waals surface area contributed by atoms with E-state index < -0.39 is 0 Å². The Labute approximate surface area is 134 Å². The first-order chi connectivity index (χ1) is 11.2. The Balaban J connectivity index is 1.46. The van der Waals surface area contributed by atoms with Crippen LogP contribution in [-0.2, 0) is 0 Å². The van der Waals surface area contributed by atoms with E-state index in [9.17, 15) is 9.59 Å². The summed E-state index contributed by atoms with van der Waals surface area (Å²) in [5.41, 5.74) is 1.33. The average Bonchev–Trinajstić information content (AvgIpc) is 3.10. The van der Waals surface area contributed by atoms with Crippen LogP contribution in [0.4, 0.5) is 10.5 Å². The van der Waals surface area contributed by atoms with Crippen molar-refractivity contribution in [3.63, 3.8) is 0 Å². The Bertz CT molecular complexity index is 647. The molecule has 1 aromatic carbocycles. The third kappa shape index (κ3) is 3.91. The van der Waals surface area contributed by atoms with Crippen molar-refractivity contribution in [1.29, 1.82) is 0 Å². The molecule has 6 nitrogen and oxygen atoms in total. The van der Waals surface area contributed by atoms with Crippen LogP contribution < -0.4 is 10.6 Å². The van der Waals surface area contributed by atoms with Crippen molar-refractivity contribution in [2.45, 2.75) is 18.9 Å². The minimum absolute atomic E-state index is 0.0223. The zero-order valence-electron chi connectivity index (χ0n) is 12.7. The number of benzene rings is 1. The van der Waals surface area contributed by atoms with E-state index in [1.165, 1.54) is 12.5 Å². The molecule has 120 valence electrons. The maximum absolute atomic E-state index is 12.2. The Morgan fingerprint density at radius 2 is 1.83 bits per heavy atom. The first-order valence-electron chi connectivity index (χ1n) is 7.66. The number of amides is 3. The van der Waals surface area contributed by atoms with Crippen LogP contribution in [0.1, 0.15) is 23.2 Å². The topological polar surface area (TPSA) is 74.6 Å². The zero-order valence-corrected chi connectivity index (χ0v) is 12.7. The molecule has 2 aromatic rings. The molecule has 0 spiro atoms. The van der Waals surface area contributed by atoms with Crippen molar-refractivity contribution in [3.05, 3.63) is 54.5 Å². The number of likely N-dealkylation sites (tertiary alicyclic amines) is 1. The van der Waals surface area contributed by atoms with Gasteiger partial charge in [0, 0.05) is 24.8 Å². The normalized spacial score (nSPS) is 15.2. The number of carbonyl (C=O) groups is 2. The van der Waals surface area contributed by atoms with Gasteiger partial charge in [-0.05, 0) is 31.0 Å². The molecule has 1 aliphatic heterocycles. The Morgan fingerprint density at radius 1 is 1.09 bits per heavy atom. The SMILES string of the molecule is O=C(Nc1ccccc1)NC1CCN(C(=O)c2ccoc2)CC1. The minimum atomic E-state index is -0.212. The molecule has 23 heavy (non-hydrogen) atoms. The van der Waals surface area contributed by atoms with E-state index in [1.54, 1.807) is 11.0 Å². The van der Waals surface area contributed by atoms with Gasteiger partial charge >= 0.3 is 6.03 Å². The fourth-order valence-corrected chi connectivity index (χ4v) is 2.67. The lowest BCUT2D eigenvalue weighted by Crippen LogP contribution is -2.47. The van der Waals surface area contributed by atoms with E-state index in [1.807, 2.05) is 30.3 Å². The zero-order chi connectivity index (χ0) is 16.1. The van der Waals surface area contributed by atoms with E-state index in [4.69, 9.17) is 4.42 Å². The largest absolute Gasteiger partial charge is 0.472 e. The summed E-state index contributed by atoms with van der Waals surface area (Å²) in [6.45, 7) is 1.25. The number of furan rings is 1. The van der Waals surface area contributed by atoms with Crippen molar-refractivity contribution in [2.24, 2.45) is 0 Å².